The van der Waals surface area contributed by atoms with E-state index in [0.717, 1.165) is 44.1 Å². The van der Waals surface area contributed by atoms with Gasteiger partial charge in [0.1, 0.15) is 24.4 Å². The van der Waals surface area contributed by atoms with E-state index in [4.69, 9.17) is 32.8 Å². The van der Waals surface area contributed by atoms with E-state index in [-0.39, 0.29) is 83.5 Å². The lowest BCUT2D eigenvalue weighted by Crippen LogP contribution is -2.59. The van der Waals surface area contributed by atoms with Crippen LogP contribution < -0.4 is 0 Å². The molecule has 2 heterocycles. The molecule has 2 saturated heterocycles. The Morgan fingerprint density at radius 1 is 0.918 bits per heavy atom. The van der Waals surface area contributed by atoms with Gasteiger partial charge < -0.3 is 32.8 Å². The van der Waals surface area contributed by atoms with Crippen molar-refractivity contribution in [1.82, 2.24) is 0 Å². The van der Waals surface area contributed by atoms with E-state index >= 15 is 0 Å². The summed E-state index contributed by atoms with van der Waals surface area (Å²) in [5.41, 5.74) is 0.795. The lowest BCUT2D eigenvalue weighted by atomic mass is 9.70. The Morgan fingerprint density at radius 3 is 2.24 bits per heavy atom. The fourth-order valence-electron chi connectivity index (χ4n) is 9.02. The molecule has 0 spiro atoms. The Hall–Kier alpha value is -1.40. The normalized spacial score (nSPS) is 42.0. The fourth-order valence-corrected chi connectivity index (χ4v) is 10.4. The van der Waals surface area contributed by atoms with Crippen molar-refractivity contribution in [2.24, 2.45) is 35.5 Å². The summed E-state index contributed by atoms with van der Waals surface area (Å²) in [6.45, 7) is 17.4. The average Bonchev–Trinajstić information content (AvgIpc) is 3.62. The third-order valence-electron chi connectivity index (χ3n) is 12.9. The smallest absolute Gasteiger partial charge is 0.306 e. The van der Waals surface area contributed by atoms with Gasteiger partial charge in [0.15, 0.2) is 20.4 Å². The van der Waals surface area contributed by atoms with Crippen LogP contribution in [0.2, 0.25) is 18.1 Å². The molecule has 0 N–H and O–H groups in total. The zero-order valence-corrected chi connectivity index (χ0v) is 32.9. The number of carbonyl (C=O) groups is 2. The minimum atomic E-state index is -2.14. The molecule has 0 aromatic rings. The van der Waals surface area contributed by atoms with Crippen molar-refractivity contribution < 1.29 is 42.4 Å². The van der Waals surface area contributed by atoms with Crippen molar-refractivity contribution in [3.8, 4) is 0 Å². The second-order valence-corrected chi connectivity index (χ2v) is 21.6. The highest BCUT2D eigenvalue weighted by Crippen LogP contribution is 2.54. The standard InChI is InChI=1S/C39H64O9Si/c1-12-25-14-13-15-32(48-49(10,11)39(4,5)6)22(2)34(41)31-20-29-27(30(31)21-33(40)46-25)17-16-24-18-26(19-28(24)29)47-38-37(44-9)36(43-8)35(42-7)23(3)45-38/h16-17,20,22-30,32,35-38H,12-15,18-19,21H2,1-11H3/t22-,23+,24-,25+,26-,27-,28-,29-,30+,32+,35+,36-,37-,38+/m1/s1. The van der Waals surface area contributed by atoms with Crippen LogP contribution in [0.3, 0.4) is 0 Å². The number of Topliss-reactive ketones (excluding diaryl/α,β-unsaturated/α-hetero) is 1. The van der Waals surface area contributed by atoms with Crippen molar-refractivity contribution in [2.75, 3.05) is 21.3 Å². The summed E-state index contributed by atoms with van der Waals surface area (Å²) >= 11 is 0. The molecule has 1 saturated carbocycles. The van der Waals surface area contributed by atoms with Crippen LogP contribution in [0.5, 0.6) is 0 Å². The van der Waals surface area contributed by atoms with E-state index in [2.05, 4.69) is 65.9 Å². The van der Waals surface area contributed by atoms with Crippen LogP contribution >= 0.6 is 0 Å². The number of fused-ring (bicyclic) bond motifs is 5. The van der Waals surface area contributed by atoms with Gasteiger partial charge in [0, 0.05) is 33.2 Å². The maximum atomic E-state index is 14.6. The van der Waals surface area contributed by atoms with Gasteiger partial charge in [-0.15, -0.1) is 0 Å². The van der Waals surface area contributed by atoms with Crippen LogP contribution in [0.25, 0.3) is 0 Å². The van der Waals surface area contributed by atoms with Crippen LogP contribution in [0.1, 0.15) is 86.5 Å². The number of hydrogen-bond acceptors (Lipinski definition) is 9. The Labute approximate surface area is 296 Å². The maximum Gasteiger partial charge on any atom is 0.306 e. The summed E-state index contributed by atoms with van der Waals surface area (Å²) in [5, 5.41) is 0.0336. The highest BCUT2D eigenvalue weighted by molar-refractivity contribution is 6.74. The number of methoxy groups -OCH3 is 3. The number of allylic oxidation sites excluding steroid dienone is 4. The first-order valence-electron chi connectivity index (χ1n) is 18.8. The first-order valence-corrected chi connectivity index (χ1v) is 21.8. The zero-order valence-electron chi connectivity index (χ0n) is 31.9. The molecule has 14 atom stereocenters. The molecule has 5 rings (SSSR count). The fraction of sp³-hybridized carbons (Fsp3) is 0.846. The molecule has 9 nitrogen and oxygen atoms in total. The molecule has 49 heavy (non-hydrogen) atoms. The summed E-state index contributed by atoms with van der Waals surface area (Å²) in [7, 11) is 2.84. The van der Waals surface area contributed by atoms with Gasteiger partial charge in [-0.1, -0.05) is 52.8 Å². The van der Waals surface area contributed by atoms with Gasteiger partial charge in [0.25, 0.3) is 0 Å². The van der Waals surface area contributed by atoms with Crippen LogP contribution in [0, 0.1) is 35.5 Å². The molecular weight excluding hydrogens is 641 g/mol. The predicted molar refractivity (Wildman–Crippen MR) is 190 cm³/mol. The minimum absolute atomic E-state index is 0.0336. The summed E-state index contributed by atoms with van der Waals surface area (Å²) < 4.78 is 43.4. The van der Waals surface area contributed by atoms with Crippen LogP contribution in [0.15, 0.2) is 23.8 Å². The number of cyclic esters (lactones) is 1. The molecule has 0 unspecified atom stereocenters. The quantitative estimate of drug-likeness (QED) is 0.150. The molecule has 5 aliphatic rings. The van der Waals surface area contributed by atoms with Crippen molar-refractivity contribution in [1.29, 1.82) is 0 Å². The van der Waals surface area contributed by atoms with Crippen LogP contribution in [-0.4, -0.2) is 90.4 Å². The average molecular weight is 705 g/mol. The monoisotopic (exact) mass is 704 g/mol. The van der Waals surface area contributed by atoms with Gasteiger partial charge in [0.05, 0.1) is 24.7 Å². The Morgan fingerprint density at radius 2 is 1.61 bits per heavy atom. The van der Waals surface area contributed by atoms with Gasteiger partial charge in [-0.3, -0.25) is 9.59 Å². The number of hydrogen-bond donors (Lipinski definition) is 0. The van der Waals surface area contributed by atoms with Gasteiger partial charge in [0.2, 0.25) is 0 Å². The van der Waals surface area contributed by atoms with E-state index in [1.54, 1.807) is 21.3 Å². The Balaban J connectivity index is 1.39. The first kappa shape index (κ1) is 38.8. The summed E-state index contributed by atoms with van der Waals surface area (Å²) in [5.74, 6) is 0.262. The van der Waals surface area contributed by atoms with Crippen LogP contribution in [0.4, 0.5) is 0 Å². The Kier molecular flexibility index (Phi) is 12.4. The number of rotatable bonds is 8. The van der Waals surface area contributed by atoms with E-state index in [1.807, 2.05) is 6.92 Å². The van der Waals surface area contributed by atoms with E-state index < -0.39 is 20.7 Å². The highest BCUT2D eigenvalue weighted by atomic mass is 28.4. The summed E-state index contributed by atoms with van der Waals surface area (Å²) in [6.07, 6.45) is 9.81. The molecule has 3 aliphatic carbocycles. The molecule has 0 bridgehead atoms. The highest BCUT2D eigenvalue weighted by Gasteiger charge is 2.53. The molecular formula is C39H64O9Si. The summed E-state index contributed by atoms with van der Waals surface area (Å²) in [4.78, 5) is 28.1. The number of ketones is 1. The van der Waals surface area contributed by atoms with Gasteiger partial charge in [-0.2, -0.15) is 0 Å². The second-order valence-electron chi connectivity index (χ2n) is 16.9. The van der Waals surface area contributed by atoms with Crippen molar-refractivity contribution in [3.63, 3.8) is 0 Å². The lowest BCUT2D eigenvalue weighted by molar-refractivity contribution is -0.314. The maximum absolute atomic E-state index is 14.6. The van der Waals surface area contributed by atoms with Crippen molar-refractivity contribution in [2.45, 2.75) is 154 Å². The van der Waals surface area contributed by atoms with E-state index in [1.165, 1.54) is 0 Å². The molecule has 0 aromatic carbocycles. The molecule has 278 valence electrons. The largest absolute Gasteiger partial charge is 0.462 e. The number of ether oxygens (including phenoxy) is 6. The third kappa shape index (κ3) is 8.01. The molecule has 2 aliphatic heterocycles. The van der Waals surface area contributed by atoms with E-state index in [0.29, 0.717) is 11.8 Å². The van der Waals surface area contributed by atoms with Crippen molar-refractivity contribution >= 4 is 20.1 Å². The zero-order chi connectivity index (χ0) is 35.8. The van der Waals surface area contributed by atoms with Gasteiger partial charge in [-0.25, -0.2) is 0 Å². The number of esters is 1. The second kappa shape index (κ2) is 15.7. The van der Waals surface area contributed by atoms with E-state index in [9.17, 15) is 9.59 Å². The third-order valence-corrected chi connectivity index (χ3v) is 17.4. The number of carbonyl (C=O) groups excluding carboxylic acids is 2. The molecule has 10 heteroatoms. The first-order chi connectivity index (χ1) is 23.1. The van der Waals surface area contributed by atoms with Gasteiger partial charge in [-0.05, 0) is 92.8 Å². The predicted octanol–water partition coefficient (Wildman–Crippen LogP) is 7.04. The topological polar surface area (TPSA) is 98.8 Å². The molecule has 0 aromatic heterocycles. The minimum Gasteiger partial charge on any atom is -0.462 e. The summed E-state index contributed by atoms with van der Waals surface area (Å²) in [6, 6.07) is 0. The van der Waals surface area contributed by atoms with Gasteiger partial charge >= 0.3 is 5.97 Å². The van der Waals surface area contributed by atoms with Crippen LogP contribution in [-0.2, 0) is 42.4 Å². The van der Waals surface area contributed by atoms with Crippen molar-refractivity contribution in [3.05, 3.63) is 23.8 Å². The lowest BCUT2D eigenvalue weighted by Gasteiger charge is -2.44. The molecule has 3 fully saturated rings. The SMILES string of the molecule is CC[C@H]1CCC[C@H](O[Si](C)(C)C(C)(C)C)[C@@H](C)C(=O)C2=C[C@@H]3[C@@H](C=C[C@@H]4C[C@@H](O[C@@H]5O[C@@H](C)[C@H](OC)[C@@H](OC)[C@H]5OC)C[C@@H]34)[C@@H]2CC(=O)O1. The molecule has 0 radical (unpaired) electrons. The Bertz CT molecular complexity index is 1230. The molecule has 0 amide bonds.